The largest absolute Gasteiger partial charge is 0.497 e. The van der Waals surface area contributed by atoms with Gasteiger partial charge in [0.2, 0.25) is 0 Å². The summed E-state index contributed by atoms with van der Waals surface area (Å²) in [7, 11) is 0.521. The smallest absolute Gasteiger partial charge is 0.307 e. The van der Waals surface area contributed by atoms with Gasteiger partial charge in [-0.2, -0.15) is 9.40 Å². The molecule has 204 valence electrons. The lowest BCUT2D eigenvalue weighted by atomic mass is 10.2. The Bertz CT molecular complexity index is 1270. The Morgan fingerprint density at radius 3 is 1.97 bits per heavy atom. The Kier molecular flexibility index (Phi) is 9.03. The molecular formula is C27H33N3O7S. The van der Waals surface area contributed by atoms with Crippen LogP contribution < -0.4 is 9.47 Å². The molecule has 4 rings (SSSR count). The maximum atomic E-state index is 14.0. The lowest BCUT2D eigenvalue weighted by molar-refractivity contribution is -0.141. The van der Waals surface area contributed by atoms with Gasteiger partial charge in [-0.25, -0.2) is 8.42 Å². The van der Waals surface area contributed by atoms with Crippen molar-refractivity contribution in [1.82, 2.24) is 14.1 Å². The summed E-state index contributed by atoms with van der Waals surface area (Å²) in [6.07, 6.45) is 1.98. The first-order chi connectivity index (χ1) is 18.3. The van der Waals surface area contributed by atoms with Crippen molar-refractivity contribution < 1.29 is 32.2 Å². The molecule has 10 nitrogen and oxygen atoms in total. The summed E-state index contributed by atoms with van der Waals surface area (Å²) in [6.45, 7) is 0.623. The van der Waals surface area contributed by atoms with E-state index in [-0.39, 0.29) is 49.8 Å². The summed E-state index contributed by atoms with van der Waals surface area (Å²) in [5.74, 6) is 1.02. The average molecular weight is 544 g/mol. The van der Waals surface area contributed by atoms with Crippen LogP contribution in [0.15, 0.2) is 59.6 Å². The Morgan fingerprint density at radius 1 is 0.947 bits per heavy atom. The number of aromatic nitrogens is 2. The zero-order valence-corrected chi connectivity index (χ0v) is 22.6. The average Bonchev–Trinajstić information content (AvgIpc) is 3.69. The Morgan fingerprint density at radius 2 is 1.50 bits per heavy atom. The maximum absolute atomic E-state index is 14.0. The fourth-order valence-electron chi connectivity index (χ4n) is 3.94. The highest BCUT2D eigenvalue weighted by Gasteiger charge is 2.33. The zero-order valence-electron chi connectivity index (χ0n) is 21.8. The Labute approximate surface area is 223 Å². The molecule has 0 atom stereocenters. The topological polar surface area (TPSA) is 109 Å². The second kappa shape index (κ2) is 12.4. The van der Waals surface area contributed by atoms with Crippen LogP contribution in [-0.2, 0) is 44.0 Å². The molecule has 1 aromatic heterocycles. The molecule has 0 radical (unpaired) electrons. The first-order valence-electron chi connectivity index (χ1n) is 12.3. The molecule has 0 aliphatic heterocycles. The highest BCUT2D eigenvalue weighted by Crippen LogP contribution is 2.36. The number of hydrogen-bond donors (Lipinski definition) is 0. The molecule has 0 amide bonds. The number of benzene rings is 2. The van der Waals surface area contributed by atoms with E-state index in [2.05, 4.69) is 9.84 Å². The van der Waals surface area contributed by atoms with Crippen molar-refractivity contribution in [2.24, 2.45) is 0 Å². The van der Waals surface area contributed by atoms with Gasteiger partial charge in [0.1, 0.15) is 11.5 Å². The fourth-order valence-corrected chi connectivity index (χ4v) is 5.32. The summed E-state index contributed by atoms with van der Waals surface area (Å²) in [5.41, 5.74) is 2.29. The quantitative estimate of drug-likeness (QED) is 0.224. The van der Waals surface area contributed by atoms with Crippen molar-refractivity contribution in [3.8, 4) is 11.5 Å². The number of nitrogens with zero attached hydrogens (tertiary/aromatic N) is 3. The standard InChI is InChI=1S/C27H33N3O7S/c1-34-24-10-4-20(5-11-24)17-29(18-21-6-12-25(35-2)13-7-21)38(32,33)26-16-23(30(28-26)22-8-9-22)19-37-15-14-27(31)36-3/h4-7,10-13,16,22H,8-9,14-15,17-19H2,1-3H3. The molecule has 1 aliphatic carbocycles. The van der Waals surface area contributed by atoms with Crippen LogP contribution in [0.2, 0.25) is 0 Å². The number of hydrogen-bond acceptors (Lipinski definition) is 8. The number of methoxy groups -OCH3 is 3. The summed E-state index contributed by atoms with van der Waals surface area (Å²) in [6, 6.07) is 16.3. The molecule has 0 unspecified atom stereocenters. The summed E-state index contributed by atoms with van der Waals surface area (Å²) < 4.78 is 51.8. The number of rotatable bonds is 14. The van der Waals surface area contributed by atoms with E-state index in [1.807, 2.05) is 24.3 Å². The highest BCUT2D eigenvalue weighted by molar-refractivity contribution is 7.89. The third kappa shape index (κ3) is 6.91. The van der Waals surface area contributed by atoms with E-state index in [1.54, 1.807) is 49.2 Å². The van der Waals surface area contributed by atoms with Gasteiger partial charge in [-0.05, 0) is 48.2 Å². The monoisotopic (exact) mass is 543 g/mol. The summed E-state index contributed by atoms with van der Waals surface area (Å²) in [5, 5.41) is 4.48. The SMILES string of the molecule is COC(=O)CCOCc1cc(S(=O)(=O)N(Cc2ccc(OC)cc2)Cc2ccc(OC)cc2)nn1C1CC1. The van der Waals surface area contributed by atoms with Crippen LogP contribution in [0, 0.1) is 0 Å². The molecule has 0 spiro atoms. The molecule has 1 fully saturated rings. The van der Waals surface area contributed by atoms with Crippen LogP contribution in [-0.4, -0.2) is 56.4 Å². The summed E-state index contributed by atoms with van der Waals surface area (Å²) >= 11 is 0. The normalized spacial score (nSPS) is 13.5. The van der Waals surface area contributed by atoms with Crippen molar-refractivity contribution in [1.29, 1.82) is 0 Å². The van der Waals surface area contributed by atoms with Crippen molar-refractivity contribution in [2.75, 3.05) is 27.9 Å². The van der Waals surface area contributed by atoms with Crippen LogP contribution in [0.3, 0.4) is 0 Å². The van der Waals surface area contributed by atoms with E-state index in [0.717, 1.165) is 24.0 Å². The van der Waals surface area contributed by atoms with Gasteiger partial charge in [-0.15, -0.1) is 0 Å². The molecule has 11 heteroatoms. The van der Waals surface area contributed by atoms with Gasteiger partial charge in [0.25, 0.3) is 10.0 Å². The summed E-state index contributed by atoms with van der Waals surface area (Å²) in [4.78, 5) is 11.4. The Hall–Kier alpha value is -3.41. The number of sulfonamides is 1. The predicted octanol–water partition coefficient (Wildman–Crippen LogP) is 3.71. The molecule has 2 aromatic carbocycles. The second-order valence-corrected chi connectivity index (χ2v) is 10.9. The molecule has 1 aliphatic rings. The fraction of sp³-hybridized carbons (Fsp3) is 0.407. The minimum absolute atomic E-state index is 0.0296. The van der Waals surface area contributed by atoms with Gasteiger partial charge in [0.15, 0.2) is 5.03 Å². The lowest BCUT2D eigenvalue weighted by Gasteiger charge is -2.21. The third-order valence-corrected chi connectivity index (χ3v) is 7.92. The molecule has 38 heavy (non-hydrogen) atoms. The predicted molar refractivity (Wildman–Crippen MR) is 139 cm³/mol. The minimum Gasteiger partial charge on any atom is -0.497 e. The van der Waals surface area contributed by atoms with Crippen LogP contribution in [0.5, 0.6) is 11.5 Å². The van der Waals surface area contributed by atoms with Crippen LogP contribution in [0.25, 0.3) is 0 Å². The van der Waals surface area contributed by atoms with Gasteiger partial charge in [-0.1, -0.05) is 24.3 Å². The van der Waals surface area contributed by atoms with Crippen LogP contribution in [0.1, 0.15) is 42.1 Å². The van der Waals surface area contributed by atoms with Gasteiger partial charge in [0.05, 0.1) is 52.7 Å². The molecular weight excluding hydrogens is 510 g/mol. The zero-order chi connectivity index (χ0) is 27.1. The van der Waals surface area contributed by atoms with Gasteiger partial charge in [-0.3, -0.25) is 9.48 Å². The van der Waals surface area contributed by atoms with Crippen molar-refractivity contribution in [2.45, 2.75) is 50.0 Å². The van der Waals surface area contributed by atoms with Crippen molar-refractivity contribution in [3.05, 3.63) is 71.4 Å². The first kappa shape index (κ1) is 27.6. The molecule has 1 heterocycles. The maximum Gasteiger partial charge on any atom is 0.307 e. The van der Waals surface area contributed by atoms with Crippen molar-refractivity contribution in [3.63, 3.8) is 0 Å². The van der Waals surface area contributed by atoms with E-state index in [0.29, 0.717) is 17.2 Å². The highest BCUT2D eigenvalue weighted by atomic mass is 32.2. The van der Waals surface area contributed by atoms with E-state index < -0.39 is 10.0 Å². The molecule has 3 aromatic rings. The van der Waals surface area contributed by atoms with E-state index >= 15 is 0 Å². The lowest BCUT2D eigenvalue weighted by Crippen LogP contribution is -2.30. The molecule has 0 bridgehead atoms. The molecule has 0 saturated heterocycles. The Balaban J connectivity index is 1.60. The second-order valence-electron chi connectivity index (χ2n) is 9.00. The van der Waals surface area contributed by atoms with Crippen LogP contribution in [0.4, 0.5) is 0 Å². The van der Waals surface area contributed by atoms with E-state index in [4.69, 9.17) is 14.2 Å². The van der Waals surface area contributed by atoms with Crippen LogP contribution >= 0.6 is 0 Å². The van der Waals surface area contributed by atoms with Gasteiger partial charge >= 0.3 is 5.97 Å². The molecule has 1 saturated carbocycles. The van der Waals surface area contributed by atoms with E-state index in [1.165, 1.54) is 11.4 Å². The van der Waals surface area contributed by atoms with Gasteiger partial charge < -0.3 is 18.9 Å². The minimum atomic E-state index is -3.98. The van der Waals surface area contributed by atoms with Gasteiger partial charge in [0, 0.05) is 19.2 Å². The third-order valence-electron chi connectivity index (χ3n) is 6.25. The molecule has 0 N–H and O–H groups in total. The van der Waals surface area contributed by atoms with E-state index in [9.17, 15) is 13.2 Å². The van der Waals surface area contributed by atoms with Crippen molar-refractivity contribution >= 4 is 16.0 Å². The number of ether oxygens (including phenoxy) is 4. The number of carbonyl (C=O) groups excluding carboxylic acids is 1. The first-order valence-corrected chi connectivity index (χ1v) is 13.8. The number of esters is 1. The number of carbonyl (C=O) groups is 1.